The molecule has 26 heavy (non-hydrogen) atoms. The van der Waals surface area contributed by atoms with Gasteiger partial charge in [-0.3, -0.25) is 0 Å². The minimum Gasteiger partial charge on any atom is -0.382 e. The molecule has 3 aromatic rings. The second-order valence-corrected chi connectivity index (χ2v) is 7.85. The van der Waals surface area contributed by atoms with Crippen LogP contribution in [0.2, 0.25) is 0 Å². The number of anilines is 1. The fraction of sp³-hybridized carbons (Fsp3) is 0.350. The van der Waals surface area contributed by atoms with Crippen molar-refractivity contribution in [3.63, 3.8) is 0 Å². The van der Waals surface area contributed by atoms with Crippen molar-refractivity contribution >= 4 is 28.7 Å². The summed E-state index contributed by atoms with van der Waals surface area (Å²) in [5.41, 5.74) is 12.5. The van der Waals surface area contributed by atoms with Gasteiger partial charge in [-0.2, -0.15) is 0 Å². The Morgan fingerprint density at radius 1 is 1.19 bits per heavy atom. The summed E-state index contributed by atoms with van der Waals surface area (Å²) in [6.07, 6.45) is 3.47. The van der Waals surface area contributed by atoms with Crippen LogP contribution in [0.5, 0.6) is 0 Å². The standard InChI is InChI=1S/C20H25N5S/c1-12(2)7-6-8-25-19-16(18(21)22-11-23-19)24-20(25)26-17-14(4)9-13(3)10-15(17)5/h9-11H,1,6-8H2,2-5H3,(H2,21,22,23). The molecule has 0 saturated carbocycles. The summed E-state index contributed by atoms with van der Waals surface area (Å²) in [5.74, 6) is 0.424. The Kier molecular flexibility index (Phi) is 5.32. The van der Waals surface area contributed by atoms with Gasteiger partial charge < -0.3 is 10.3 Å². The van der Waals surface area contributed by atoms with Gasteiger partial charge in [0.15, 0.2) is 22.1 Å². The monoisotopic (exact) mass is 367 g/mol. The largest absolute Gasteiger partial charge is 0.382 e. The Morgan fingerprint density at radius 2 is 1.88 bits per heavy atom. The molecule has 0 atom stereocenters. The molecule has 0 spiro atoms. The molecule has 0 radical (unpaired) electrons. The summed E-state index contributed by atoms with van der Waals surface area (Å²) in [5, 5.41) is 0.906. The molecule has 0 aliphatic rings. The highest BCUT2D eigenvalue weighted by molar-refractivity contribution is 7.99. The molecule has 0 fully saturated rings. The lowest BCUT2D eigenvalue weighted by Crippen LogP contribution is -2.02. The highest BCUT2D eigenvalue weighted by Crippen LogP contribution is 2.35. The number of fused-ring (bicyclic) bond motifs is 1. The highest BCUT2D eigenvalue weighted by Gasteiger charge is 2.17. The molecule has 0 aliphatic heterocycles. The summed E-state index contributed by atoms with van der Waals surface area (Å²) in [7, 11) is 0. The van der Waals surface area contributed by atoms with Gasteiger partial charge in [0.05, 0.1) is 0 Å². The second kappa shape index (κ2) is 7.50. The van der Waals surface area contributed by atoms with Crippen molar-refractivity contribution in [2.45, 2.75) is 57.1 Å². The van der Waals surface area contributed by atoms with E-state index < -0.39 is 0 Å². The maximum absolute atomic E-state index is 6.04. The van der Waals surface area contributed by atoms with Gasteiger partial charge >= 0.3 is 0 Å². The molecule has 2 aromatic heterocycles. The van der Waals surface area contributed by atoms with Gasteiger partial charge in [-0.15, -0.1) is 6.58 Å². The predicted molar refractivity (Wildman–Crippen MR) is 109 cm³/mol. The summed E-state index contributed by atoms with van der Waals surface area (Å²) in [6, 6.07) is 4.41. The third-order valence-electron chi connectivity index (χ3n) is 4.31. The SMILES string of the molecule is C=C(C)CCCn1c(Sc2c(C)cc(C)cc2C)nc2c(N)ncnc21. The van der Waals surface area contributed by atoms with E-state index in [1.54, 1.807) is 11.8 Å². The zero-order chi connectivity index (χ0) is 18.8. The lowest BCUT2D eigenvalue weighted by molar-refractivity contribution is 0.604. The Labute approximate surface area is 158 Å². The highest BCUT2D eigenvalue weighted by atomic mass is 32.2. The topological polar surface area (TPSA) is 69.6 Å². The van der Waals surface area contributed by atoms with Gasteiger partial charge in [-0.05, 0) is 51.7 Å². The van der Waals surface area contributed by atoms with Crippen molar-refractivity contribution < 1.29 is 0 Å². The van der Waals surface area contributed by atoms with Crippen LogP contribution in [0.3, 0.4) is 0 Å². The van der Waals surface area contributed by atoms with Gasteiger partial charge in [-0.1, -0.05) is 35.0 Å². The van der Waals surface area contributed by atoms with Gasteiger partial charge in [0, 0.05) is 11.4 Å². The molecule has 0 aliphatic carbocycles. The van der Waals surface area contributed by atoms with Crippen LogP contribution in [0.1, 0.15) is 36.5 Å². The first kappa shape index (κ1) is 18.5. The number of aromatic nitrogens is 4. The van der Waals surface area contributed by atoms with E-state index in [1.165, 1.54) is 33.5 Å². The van der Waals surface area contributed by atoms with Crippen LogP contribution in [0, 0.1) is 20.8 Å². The van der Waals surface area contributed by atoms with E-state index in [0.717, 1.165) is 30.2 Å². The molecule has 2 N–H and O–H groups in total. The van der Waals surface area contributed by atoms with Crippen molar-refractivity contribution in [1.29, 1.82) is 0 Å². The minimum absolute atomic E-state index is 0.424. The Morgan fingerprint density at radius 3 is 2.54 bits per heavy atom. The van der Waals surface area contributed by atoms with E-state index in [1.807, 2.05) is 0 Å². The molecule has 2 heterocycles. The number of imidazole rings is 1. The number of nitrogens with two attached hydrogens (primary N) is 1. The molecular weight excluding hydrogens is 342 g/mol. The molecule has 3 rings (SSSR count). The van der Waals surface area contributed by atoms with Crippen molar-refractivity contribution in [3.8, 4) is 0 Å². The summed E-state index contributed by atoms with van der Waals surface area (Å²) in [4.78, 5) is 14.5. The molecule has 136 valence electrons. The molecule has 0 bridgehead atoms. The summed E-state index contributed by atoms with van der Waals surface area (Å²) < 4.78 is 2.15. The van der Waals surface area contributed by atoms with Crippen LogP contribution in [-0.2, 0) is 6.54 Å². The quantitative estimate of drug-likeness (QED) is 0.631. The van der Waals surface area contributed by atoms with Gasteiger partial charge in [0.25, 0.3) is 0 Å². The Balaban J connectivity index is 2.04. The van der Waals surface area contributed by atoms with Crippen LogP contribution in [0.4, 0.5) is 5.82 Å². The van der Waals surface area contributed by atoms with Gasteiger partial charge in [0.1, 0.15) is 6.33 Å². The first-order chi connectivity index (χ1) is 12.4. The van der Waals surface area contributed by atoms with Crippen molar-refractivity contribution in [2.24, 2.45) is 0 Å². The molecule has 6 heteroatoms. The molecule has 1 aromatic carbocycles. The summed E-state index contributed by atoms with van der Waals surface area (Å²) in [6.45, 7) is 13.3. The third-order valence-corrected chi connectivity index (χ3v) is 5.65. The lowest BCUT2D eigenvalue weighted by atomic mass is 10.1. The van der Waals surface area contributed by atoms with E-state index in [4.69, 9.17) is 10.7 Å². The van der Waals surface area contributed by atoms with Crippen LogP contribution in [-0.4, -0.2) is 19.5 Å². The first-order valence-electron chi connectivity index (χ1n) is 8.73. The fourth-order valence-electron chi connectivity index (χ4n) is 3.17. The normalized spacial score (nSPS) is 11.2. The number of hydrogen-bond acceptors (Lipinski definition) is 5. The van der Waals surface area contributed by atoms with E-state index in [9.17, 15) is 0 Å². The molecule has 0 unspecified atom stereocenters. The van der Waals surface area contributed by atoms with Crippen LogP contribution < -0.4 is 5.73 Å². The zero-order valence-corrected chi connectivity index (χ0v) is 16.7. The lowest BCUT2D eigenvalue weighted by Gasteiger charge is -2.12. The number of allylic oxidation sites excluding steroid dienone is 1. The van der Waals surface area contributed by atoms with E-state index in [2.05, 4.69) is 60.9 Å². The number of nitrogen functional groups attached to an aromatic ring is 1. The molecule has 0 amide bonds. The van der Waals surface area contributed by atoms with E-state index in [0.29, 0.717) is 11.3 Å². The average Bonchev–Trinajstić information content (AvgIpc) is 2.90. The van der Waals surface area contributed by atoms with Crippen LogP contribution in [0.25, 0.3) is 11.2 Å². The van der Waals surface area contributed by atoms with E-state index in [-0.39, 0.29) is 0 Å². The number of nitrogens with zero attached hydrogens (tertiary/aromatic N) is 4. The Bertz CT molecular complexity index is 951. The van der Waals surface area contributed by atoms with Gasteiger partial charge in [-0.25, -0.2) is 15.0 Å². The van der Waals surface area contributed by atoms with Crippen molar-refractivity contribution in [1.82, 2.24) is 19.5 Å². The van der Waals surface area contributed by atoms with Crippen LogP contribution in [0.15, 0.2) is 40.7 Å². The zero-order valence-electron chi connectivity index (χ0n) is 15.8. The van der Waals surface area contributed by atoms with Gasteiger partial charge in [0.2, 0.25) is 0 Å². The fourth-order valence-corrected chi connectivity index (χ4v) is 4.22. The number of benzene rings is 1. The first-order valence-corrected chi connectivity index (χ1v) is 9.55. The molecule has 0 saturated heterocycles. The predicted octanol–water partition coefficient (Wildman–Crippen LogP) is 4.84. The smallest absolute Gasteiger partial charge is 0.175 e. The molecule has 5 nitrogen and oxygen atoms in total. The number of aryl methyl sites for hydroxylation is 4. The maximum atomic E-state index is 6.04. The van der Waals surface area contributed by atoms with Crippen molar-refractivity contribution in [2.75, 3.05) is 5.73 Å². The second-order valence-electron chi connectivity index (χ2n) is 6.87. The summed E-state index contributed by atoms with van der Waals surface area (Å²) >= 11 is 1.68. The average molecular weight is 368 g/mol. The van der Waals surface area contributed by atoms with Crippen molar-refractivity contribution in [3.05, 3.63) is 47.3 Å². The van der Waals surface area contributed by atoms with Crippen LogP contribution >= 0.6 is 11.8 Å². The minimum atomic E-state index is 0.424. The maximum Gasteiger partial charge on any atom is 0.175 e. The number of rotatable bonds is 6. The number of hydrogen-bond donors (Lipinski definition) is 1. The Hall–Kier alpha value is -2.34. The molecular formula is C20H25N5S. The third kappa shape index (κ3) is 3.75. The van der Waals surface area contributed by atoms with E-state index >= 15 is 0 Å².